The van der Waals surface area contributed by atoms with Gasteiger partial charge in [-0.25, -0.2) is 9.97 Å². The predicted molar refractivity (Wildman–Crippen MR) is 96.2 cm³/mol. The second-order valence-electron chi connectivity index (χ2n) is 6.38. The Kier molecular flexibility index (Phi) is 4.20. The van der Waals surface area contributed by atoms with E-state index in [-0.39, 0.29) is 12.7 Å². The number of benzene rings is 1. The van der Waals surface area contributed by atoms with Crippen LogP contribution in [0.3, 0.4) is 0 Å². The first-order chi connectivity index (χ1) is 12.6. The smallest absolute Gasteiger partial charge is 0.247 e. The highest BCUT2D eigenvalue weighted by Gasteiger charge is 2.28. The van der Waals surface area contributed by atoms with Crippen molar-refractivity contribution < 1.29 is 14.3 Å². The zero-order valence-corrected chi connectivity index (χ0v) is 14.7. The average Bonchev–Trinajstić information content (AvgIpc) is 3.27. The first-order valence-electron chi connectivity index (χ1n) is 8.52. The Bertz CT molecular complexity index is 861. The van der Waals surface area contributed by atoms with E-state index >= 15 is 0 Å². The lowest BCUT2D eigenvalue weighted by molar-refractivity contribution is -0.121. The van der Waals surface area contributed by atoms with Crippen molar-refractivity contribution in [3.8, 4) is 11.5 Å². The SMILES string of the molecule is Cc1cc(C)nc(N2CC=C[C@H]2C(=O)NCc2ccc3c(c2)OCO3)n1. The predicted octanol–water partition coefficient (Wildman–Crippen LogP) is 1.88. The number of fused-ring (bicyclic) bond motifs is 1. The number of carbonyl (C=O) groups is 1. The van der Waals surface area contributed by atoms with Crippen molar-refractivity contribution >= 4 is 11.9 Å². The van der Waals surface area contributed by atoms with E-state index in [0.29, 0.717) is 24.8 Å². The van der Waals surface area contributed by atoms with Gasteiger partial charge < -0.3 is 19.7 Å². The number of carbonyl (C=O) groups excluding carboxylic acids is 1. The number of hydrogen-bond acceptors (Lipinski definition) is 6. The fourth-order valence-corrected chi connectivity index (χ4v) is 3.14. The lowest BCUT2D eigenvalue weighted by Gasteiger charge is -2.24. The molecule has 1 atom stereocenters. The molecule has 7 nitrogen and oxygen atoms in total. The van der Waals surface area contributed by atoms with Crippen molar-refractivity contribution in [3.05, 3.63) is 53.4 Å². The Balaban J connectivity index is 1.44. The molecular weight excluding hydrogens is 332 g/mol. The van der Waals surface area contributed by atoms with E-state index in [1.807, 2.05) is 55.2 Å². The molecule has 0 saturated carbocycles. The number of nitrogens with zero attached hydrogens (tertiary/aromatic N) is 3. The minimum absolute atomic E-state index is 0.0841. The van der Waals surface area contributed by atoms with E-state index in [0.717, 1.165) is 22.7 Å². The Morgan fingerprint density at radius 3 is 2.77 bits per heavy atom. The lowest BCUT2D eigenvalue weighted by Crippen LogP contribution is -2.44. The van der Waals surface area contributed by atoms with E-state index in [9.17, 15) is 4.79 Å². The summed E-state index contributed by atoms with van der Waals surface area (Å²) in [5.74, 6) is 1.94. The Morgan fingerprint density at radius 1 is 1.19 bits per heavy atom. The average molecular weight is 352 g/mol. The highest BCUT2D eigenvalue weighted by molar-refractivity contribution is 5.87. The summed E-state index contributed by atoms with van der Waals surface area (Å²) in [6.07, 6.45) is 3.85. The molecule has 3 heterocycles. The minimum atomic E-state index is -0.412. The molecule has 0 fully saturated rings. The van der Waals surface area contributed by atoms with Gasteiger partial charge in [0.15, 0.2) is 11.5 Å². The van der Waals surface area contributed by atoms with Crippen LogP contribution in [0.2, 0.25) is 0 Å². The summed E-state index contributed by atoms with van der Waals surface area (Å²) < 4.78 is 10.7. The normalized spacial score (nSPS) is 17.6. The first kappa shape index (κ1) is 16.4. The third-order valence-corrected chi connectivity index (χ3v) is 4.36. The second kappa shape index (κ2) is 6.67. The van der Waals surface area contributed by atoms with Crippen LogP contribution in [0.15, 0.2) is 36.4 Å². The van der Waals surface area contributed by atoms with Gasteiger partial charge in [-0.1, -0.05) is 18.2 Å². The number of rotatable bonds is 4. The number of aromatic nitrogens is 2. The standard InChI is InChI=1S/C19H20N4O3/c1-12-8-13(2)22-19(21-12)23-7-3-4-15(23)18(24)20-10-14-5-6-16-17(9-14)26-11-25-16/h3-6,8-9,15H,7,10-11H2,1-2H3,(H,20,24)/t15-/m0/s1. The van der Waals surface area contributed by atoms with Crippen molar-refractivity contribution in [2.24, 2.45) is 0 Å². The molecule has 0 spiro atoms. The summed E-state index contributed by atoms with van der Waals surface area (Å²) in [6.45, 7) is 5.13. The molecule has 2 aromatic rings. The monoisotopic (exact) mass is 352 g/mol. The zero-order chi connectivity index (χ0) is 18.1. The lowest BCUT2D eigenvalue weighted by atomic mass is 10.2. The van der Waals surface area contributed by atoms with Crippen LogP contribution in [0.25, 0.3) is 0 Å². The summed E-state index contributed by atoms with van der Waals surface area (Å²) in [4.78, 5) is 23.5. The van der Waals surface area contributed by atoms with Crippen LogP contribution < -0.4 is 19.7 Å². The van der Waals surface area contributed by atoms with E-state index in [2.05, 4.69) is 15.3 Å². The molecule has 0 unspecified atom stereocenters. The van der Waals surface area contributed by atoms with Gasteiger partial charge in [-0.3, -0.25) is 4.79 Å². The van der Waals surface area contributed by atoms with E-state index < -0.39 is 6.04 Å². The van der Waals surface area contributed by atoms with Crippen molar-refractivity contribution in [3.63, 3.8) is 0 Å². The minimum Gasteiger partial charge on any atom is -0.454 e. The molecule has 1 N–H and O–H groups in total. The first-order valence-corrected chi connectivity index (χ1v) is 8.52. The molecule has 1 amide bonds. The van der Waals surface area contributed by atoms with Crippen LogP contribution in [0.4, 0.5) is 5.95 Å². The Labute approximate surface area is 151 Å². The highest BCUT2D eigenvalue weighted by Crippen LogP contribution is 2.32. The summed E-state index contributed by atoms with van der Waals surface area (Å²) >= 11 is 0. The molecule has 26 heavy (non-hydrogen) atoms. The van der Waals surface area contributed by atoms with Gasteiger partial charge >= 0.3 is 0 Å². The Morgan fingerprint density at radius 2 is 1.96 bits per heavy atom. The van der Waals surface area contributed by atoms with Crippen LogP contribution in [0.5, 0.6) is 11.5 Å². The van der Waals surface area contributed by atoms with Gasteiger partial charge in [-0.05, 0) is 37.6 Å². The number of ether oxygens (including phenoxy) is 2. The van der Waals surface area contributed by atoms with Gasteiger partial charge in [0.05, 0.1) is 0 Å². The van der Waals surface area contributed by atoms with Crippen LogP contribution in [-0.4, -0.2) is 35.3 Å². The third-order valence-electron chi connectivity index (χ3n) is 4.36. The molecule has 0 aliphatic carbocycles. The Hall–Kier alpha value is -3.09. The largest absolute Gasteiger partial charge is 0.454 e. The second-order valence-corrected chi connectivity index (χ2v) is 6.38. The maximum atomic E-state index is 12.7. The van der Waals surface area contributed by atoms with Crippen molar-refractivity contribution in [1.82, 2.24) is 15.3 Å². The van der Waals surface area contributed by atoms with Crippen LogP contribution in [0.1, 0.15) is 17.0 Å². The number of aryl methyl sites for hydroxylation is 2. The van der Waals surface area contributed by atoms with E-state index in [4.69, 9.17) is 9.47 Å². The number of hydrogen-bond donors (Lipinski definition) is 1. The fourth-order valence-electron chi connectivity index (χ4n) is 3.14. The molecule has 4 rings (SSSR count). The highest BCUT2D eigenvalue weighted by atomic mass is 16.7. The summed E-state index contributed by atoms with van der Waals surface area (Å²) in [5.41, 5.74) is 2.73. The zero-order valence-electron chi connectivity index (χ0n) is 14.7. The molecule has 0 saturated heterocycles. The number of anilines is 1. The van der Waals surface area contributed by atoms with Gasteiger partial charge in [0.2, 0.25) is 18.6 Å². The van der Waals surface area contributed by atoms with Crippen molar-refractivity contribution in [1.29, 1.82) is 0 Å². The molecular formula is C19H20N4O3. The van der Waals surface area contributed by atoms with Crippen LogP contribution >= 0.6 is 0 Å². The van der Waals surface area contributed by atoms with Gasteiger partial charge in [0.1, 0.15) is 6.04 Å². The quantitative estimate of drug-likeness (QED) is 0.847. The summed E-state index contributed by atoms with van der Waals surface area (Å²) in [6, 6.07) is 7.17. The van der Waals surface area contributed by atoms with Crippen LogP contribution in [0, 0.1) is 13.8 Å². The molecule has 134 valence electrons. The summed E-state index contributed by atoms with van der Waals surface area (Å²) in [7, 11) is 0. The van der Waals surface area contributed by atoms with Gasteiger partial charge in [-0.15, -0.1) is 0 Å². The van der Waals surface area contributed by atoms with Crippen molar-refractivity contribution in [2.45, 2.75) is 26.4 Å². The molecule has 1 aromatic carbocycles. The molecule has 1 aromatic heterocycles. The molecule has 0 bridgehead atoms. The molecule has 2 aliphatic rings. The molecule has 7 heteroatoms. The van der Waals surface area contributed by atoms with Gasteiger partial charge in [0, 0.05) is 24.5 Å². The fraction of sp³-hybridized carbons (Fsp3) is 0.316. The number of nitrogens with one attached hydrogen (secondary N) is 1. The topological polar surface area (TPSA) is 76.6 Å². The van der Waals surface area contributed by atoms with Gasteiger partial charge in [0.25, 0.3) is 0 Å². The maximum absolute atomic E-state index is 12.7. The van der Waals surface area contributed by atoms with Gasteiger partial charge in [-0.2, -0.15) is 0 Å². The van der Waals surface area contributed by atoms with Crippen LogP contribution in [-0.2, 0) is 11.3 Å². The van der Waals surface area contributed by atoms with Crippen molar-refractivity contribution in [2.75, 3.05) is 18.2 Å². The number of amides is 1. The van der Waals surface area contributed by atoms with E-state index in [1.54, 1.807) is 0 Å². The summed E-state index contributed by atoms with van der Waals surface area (Å²) in [5, 5.41) is 2.98. The molecule has 2 aliphatic heterocycles. The third kappa shape index (κ3) is 3.20. The van der Waals surface area contributed by atoms with E-state index in [1.165, 1.54) is 0 Å². The molecule has 0 radical (unpaired) electrons. The maximum Gasteiger partial charge on any atom is 0.247 e.